The fourth-order valence-electron chi connectivity index (χ4n) is 2.18. The molecule has 0 spiro atoms. The maximum atomic E-state index is 6.27. The summed E-state index contributed by atoms with van der Waals surface area (Å²) >= 11 is 12.3. The van der Waals surface area contributed by atoms with Gasteiger partial charge in [0.1, 0.15) is 0 Å². The minimum absolute atomic E-state index is 0.182. The van der Waals surface area contributed by atoms with E-state index in [1.54, 1.807) is 6.07 Å². The van der Waals surface area contributed by atoms with E-state index >= 15 is 0 Å². The third-order valence-corrected chi connectivity index (χ3v) is 4.15. The van der Waals surface area contributed by atoms with Crippen LogP contribution < -0.4 is 5.32 Å². The Morgan fingerprint density at radius 2 is 2.11 bits per heavy atom. The second-order valence-corrected chi connectivity index (χ2v) is 5.25. The molecule has 5 heteroatoms. The van der Waals surface area contributed by atoms with Gasteiger partial charge in [0.2, 0.25) is 0 Å². The highest BCUT2D eigenvalue weighted by molar-refractivity contribution is 6.42. The third kappa shape index (κ3) is 3.30. The molecule has 2 rings (SSSR count). The summed E-state index contributed by atoms with van der Waals surface area (Å²) in [6.07, 6.45) is 3.69. The Bertz CT molecular complexity index is 551. The Balaban J connectivity index is 2.12. The highest BCUT2D eigenvalue weighted by Crippen LogP contribution is 2.31. The van der Waals surface area contributed by atoms with Crippen molar-refractivity contribution in [1.29, 1.82) is 0 Å². The summed E-state index contributed by atoms with van der Waals surface area (Å²) in [4.78, 5) is 0. The summed E-state index contributed by atoms with van der Waals surface area (Å²) in [5.41, 5.74) is 2.25. The molecular weight excluding hydrogens is 281 g/mol. The minimum Gasteiger partial charge on any atom is -0.313 e. The average molecular weight is 298 g/mol. The summed E-state index contributed by atoms with van der Waals surface area (Å²) in [6, 6.07) is 7.96. The van der Waals surface area contributed by atoms with Gasteiger partial charge in [-0.2, -0.15) is 5.10 Å². The molecule has 1 unspecified atom stereocenters. The fourth-order valence-corrected chi connectivity index (χ4v) is 2.62. The molecule has 19 heavy (non-hydrogen) atoms. The fraction of sp³-hybridized carbons (Fsp3) is 0.357. The molecule has 0 aliphatic rings. The molecule has 1 aromatic carbocycles. The number of aryl methyl sites for hydroxylation is 2. The first kappa shape index (κ1) is 14.4. The molecule has 2 aromatic rings. The molecule has 0 amide bonds. The van der Waals surface area contributed by atoms with Crippen LogP contribution in [0.2, 0.25) is 10.0 Å². The van der Waals surface area contributed by atoms with E-state index in [2.05, 4.69) is 10.4 Å². The molecule has 1 heterocycles. The maximum absolute atomic E-state index is 6.27. The molecule has 1 aromatic heterocycles. The maximum Gasteiger partial charge on any atom is 0.0640 e. The lowest BCUT2D eigenvalue weighted by atomic mass is 10.0. The monoisotopic (exact) mass is 297 g/mol. The van der Waals surface area contributed by atoms with Gasteiger partial charge in [0.25, 0.3) is 0 Å². The van der Waals surface area contributed by atoms with Crippen LogP contribution in [0.1, 0.15) is 23.7 Å². The smallest absolute Gasteiger partial charge is 0.0640 e. The van der Waals surface area contributed by atoms with Crippen molar-refractivity contribution in [3.05, 3.63) is 51.8 Å². The van der Waals surface area contributed by atoms with Crippen molar-refractivity contribution in [2.24, 2.45) is 7.05 Å². The number of hydrogen-bond acceptors (Lipinski definition) is 2. The molecule has 0 aliphatic heterocycles. The van der Waals surface area contributed by atoms with E-state index in [1.165, 1.54) is 5.69 Å². The second kappa shape index (κ2) is 6.42. The summed E-state index contributed by atoms with van der Waals surface area (Å²) in [7, 11) is 3.89. The first-order chi connectivity index (χ1) is 9.13. The SMILES string of the molecule is CNC(CCc1ccnn1C)c1cccc(Cl)c1Cl. The normalized spacial score (nSPS) is 12.6. The van der Waals surface area contributed by atoms with E-state index in [0.717, 1.165) is 18.4 Å². The second-order valence-electron chi connectivity index (χ2n) is 4.47. The summed E-state index contributed by atoms with van der Waals surface area (Å²) in [5, 5.41) is 8.70. The van der Waals surface area contributed by atoms with Gasteiger partial charge < -0.3 is 5.32 Å². The molecule has 3 nitrogen and oxygen atoms in total. The van der Waals surface area contributed by atoms with Gasteiger partial charge in [-0.3, -0.25) is 4.68 Å². The Morgan fingerprint density at radius 3 is 2.74 bits per heavy atom. The predicted octanol–water partition coefficient (Wildman–Crippen LogP) is 3.62. The molecule has 0 saturated heterocycles. The number of halogens is 2. The van der Waals surface area contributed by atoms with Crippen molar-refractivity contribution in [3.63, 3.8) is 0 Å². The van der Waals surface area contributed by atoms with Crippen molar-refractivity contribution in [2.75, 3.05) is 7.05 Å². The number of aromatic nitrogens is 2. The molecule has 102 valence electrons. The zero-order valence-corrected chi connectivity index (χ0v) is 12.5. The van der Waals surface area contributed by atoms with Gasteiger partial charge in [0.05, 0.1) is 10.0 Å². The number of benzene rings is 1. The van der Waals surface area contributed by atoms with E-state index in [0.29, 0.717) is 10.0 Å². The van der Waals surface area contributed by atoms with Crippen LogP contribution in [0.15, 0.2) is 30.5 Å². The van der Waals surface area contributed by atoms with Gasteiger partial charge in [0, 0.05) is 25.0 Å². The van der Waals surface area contributed by atoms with Gasteiger partial charge >= 0.3 is 0 Å². The number of nitrogens with one attached hydrogen (secondary N) is 1. The third-order valence-electron chi connectivity index (χ3n) is 3.32. The van der Waals surface area contributed by atoms with Crippen LogP contribution in [-0.4, -0.2) is 16.8 Å². The van der Waals surface area contributed by atoms with Crippen LogP contribution in [0.5, 0.6) is 0 Å². The van der Waals surface area contributed by atoms with Crippen LogP contribution in [0.3, 0.4) is 0 Å². The van der Waals surface area contributed by atoms with Gasteiger partial charge in [0.15, 0.2) is 0 Å². The highest BCUT2D eigenvalue weighted by Gasteiger charge is 2.15. The van der Waals surface area contributed by atoms with Crippen LogP contribution in [-0.2, 0) is 13.5 Å². The molecular formula is C14H17Cl2N3. The molecule has 0 aliphatic carbocycles. The molecule has 0 radical (unpaired) electrons. The summed E-state index contributed by atoms with van der Waals surface area (Å²) < 4.78 is 1.90. The Labute approximate surface area is 123 Å². The number of rotatable bonds is 5. The standard InChI is InChI=1S/C14H17Cl2N3/c1-17-13(7-6-10-8-9-18-19(10)2)11-4-3-5-12(15)14(11)16/h3-5,8-9,13,17H,6-7H2,1-2H3. The van der Waals surface area contributed by atoms with E-state index in [4.69, 9.17) is 23.2 Å². The lowest BCUT2D eigenvalue weighted by molar-refractivity contribution is 0.536. The van der Waals surface area contributed by atoms with Crippen LogP contribution >= 0.6 is 23.2 Å². The van der Waals surface area contributed by atoms with Crippen molar-refractivity contribution in [1.82, 2.24) is 15.1 Å². The van der Waals surface area contributed by atoms with Crippen LogP contribution in [0.4, 0.5) is 0 Å². The number of hydrogen-bond donors (Lipinski definition) is 1. The van der Waals surface area contributed by atoms with Gasteiger partial charge in [-0.25, -0.2) is 0 Å². The Hall–Kier alpha value is -1.03. The largest absolute Gasteiger partial charge is 0.313 e. The molecule has 0 bridgehead atoms. The van der Waals surface area contributed by atoms with E-state index in [9.17, 15) is 0 Å². The topological polar surface area (TPSA) is 29.9 Å². The average Bonchev–Trinajstić information content (AvgIpc) is 2.80. The lowest BCUT2D eigenvalue weighted by Crippen LogP contribution is -2.18. The Morgan fingerprint density at radius 1 is 1.32 bits per heavy atom. The van der Waals surface area contributed by atoms with E-state index in [-0.39, 0.29) is 6.04 Å². The van der Waals surface area contributed by atoms with Crippen LogP contribution in [0.25, 0.3) is 0 Å². The van der Waals surface area contributed by atoms with Gasteiger partial charge in [-0.05, 0) is 37.6 Å². The first-order valence-corrected chi connectivity index (χ1v) is 6.97. The van der Waals surface area contributed by atoms with Gasteiger partial charge in [-0.15, -0.1) is 0 Å². The summed E-state index contributed by atoms with van der Waals surface area (Å²) in [6.45, 7) is 0. The highest BCUT2D eigenvalue weighted by atomic mass is 35.5. The zero-order valence-electron chi connectivity index (χ0n) is 11.0. The summed E-state index contributed by atoms with van der Waals surface area (Å²) in [5.74, 6) is 0. The minimum atomic E-state index is 0.182. The first-order valence-electron chi connectivity index (χ1n) is 6.21. The molecule has 0 saturated carbocycles. The quantitative estimate of drug-likeness (QED) is 0.913. The van der Waals surface area contributed by atoms with Crippen LogP contribution in [0, 0.1) is 0 Å². The number of nitrogens with zero attached hydrogens (tertiary/aromatic N) is 2. The zero-order chi connectivity index (χ0) is 13.8. The molecule has 1 atom stereocenters. The molecule has 1 N–H and O–H groups in total. The van der Waals surface area contributed by atoms with Crippen molar-refractivity contribution in [3.8, 4) is 0 Å². The Kier molecular flexibility index (Phi) is 4.86. The lowest BCUT2D eigenvalue weighted by Gasteiger charge is -2.18. The van der Waals surface area contributed by atoms with Crippen molar-refractivity contribution < 1.29 is 0 Å². The molecule has 0 fully saturated rings. The van der Waals surface area contributed by atoms with Gasteiger partial charge in [-0.1, -0.05) is 35.3 Å². The van der Waals surface area contributed by atoms with E-state index < -0.39 is 0 Å². The predicted molar refractivity (Wildman–Crippen MR) is 79.8 cm³/mol. The van der Waals surface area contributed by atoms with E-state index in [1.807, 2.05) is 43.2 Å². The van der Waals surface area contributed by atoms with Crippen molar-refractivity contribution >= 4 is 23.2 Å². The van der Waals surface area contributed by atoms with Crippen molar-refractivity contribution in [2.45, 2.75) is 18.9 Å².